The van der Waals surface area contributed by atoms with Gasteiger partial charge in [-0.15, -0.1) is 0 Å². The number of nitrogens with zero attached hydrogens (tertiary/aromatic N) is 1. The van der Waals surface area contributed by atoms with Crippen molar-refractivity contribution in [1.29, 1.82) is 0 Å². The third kappa shape index (κ3) is 3.21. The summed E-state index contributed by atoms with van der Waals surface area (Å²) in [7, 11) is 3.54. The molecule has 2 aromatic carbocycles. The highest BCUT2D eigenvalue weighted by Crippen LogP contribution is 2.32. The fourth-order valence-electron chi connectivity index (χ4n) is 3.21. The summed E-state index contributed by atoms with van der Waals surface area (Å²) in [5.74, 6) is -0.307. The number of esters is 1. The lowest BCUT2D eigenvalue weighted by Crippen LogP contribution is -2.12. The average molecular weight is 321 g/mol. The molecule has 0 bridgehead atoms. The molecule has 0 N–H and O–H groups in total. The van der Waals surface area contributed by atoms with E-state index in [0.29, 0.717) is 0 Å². The molecule has 0 saturated carbocycles. The van der Waals surface area contributed by atoms with Gasteiger partial charge in [0.2, 0.25) is 0 Å². The number of benzene rings is 2. The molecular weight excluding hydrogens is 298 g/mol. The summed E-state index contributed by atoms with van der Waals surface area (Å²) in [5.41, 5.74) is 7.25. The number of methoxy groups -OCH3 is 1. The van der Waals surface area contributed by atoms with Gasteiger partial charge in [0.25, 0.3) is 0 Å². The van der Waals surface area contributed by atoms with Crippen molar-refractivity contribution in [2.24, 2.45) is 0 Å². The van der Waals surface area contributed by atoms with Crippen molar-refractivity contribution in [3.8, 4) is 11.1 Å². The lowest BCUT2D eigenvalue weighted by Gasteiger charge is -2.12. The highest BCUT2D eigenvalue weighted by atomic mass is 16.5. The monoisotopic (exact) mass is 321 g/mol. The minimum absolute atomic E-state index is 0.307. The number of carbonyl (C=O) groups is 1. The highest BCUT2D eigenvalue weighted by molar-refractivity contribution is 5.91. The van der Waals surface area contributed by atoms with Gasteiger partial charge < -0.3 is 9.64 Å². The second-order valence-electron chi connectivity index (χ2n) is 6.14. The van der Waals surface area contributed by atoms with Crippen LogP contribution in [0.1, 0.15) is 24.5 Å². The number of carbonyl (C=O) groups excluding carboxylic acids is 1. The van der Waals surface area contributed by atoms with Gasteiger partial charge in [-0.3, -0.25) is 0 Å². The van der Waals surface area contributed by atoms with Crippen molar-refractivity contribution >= 4 is 17.2 Å². The van der Waals surface area contributed by atoms with E-state index in [2.05, 4.69) is 54.4 Å². The lowest BCUT2D eigenvalue weighted by atomic mass is 9.97. The Hall–Kier alpha value is -2.55. The second kappa shape index (κ2) is 6.91. The van der Waals surface area contributed by atoms with Gasteiger partial charge in [-0.1, -0.05) is 37.3 Å². The van der Waals surface area contributed by atoms with E-state index in [9.17, 15) is 4.79 Å². The molecule has 124 valence electrons. The molecule has 0 radical (unpaired) electrons. The molecule has 0 aliphatic carbocycles. The Balaban J connectivity index is 1.87. The fraction of sp³-hybridized carbons (Fsp3) is 0.286. The summed E-state index contributed by atoms with van der Waals surface area (Å²) in [4.78, 5) is 13.8. The van der Waals surface area contributed by atoms with Gasteiger partial charge in [0.05, 0.1) is 7.11 Å². The van der Waals surface area contributed by atoms with E-state index < -0.39 is 0 Å². The maximum Gasteiger partial charge on any atom is 0.330 e. The zero-order valence-corrected chi connectivity index (χ0v) is 14.5. The topological polar surface area (TPSA) is 29.5 Å². The molecule has 0 unspecified atom stereocenters. The normalized spacial score (nSPS) is 13.8. The van der Waals surface area contributed by atoms with Crippen LogP contribution in [0, 0.1) is 0 Å². The van der Waals surface area contributed by atoms with Crippen LogP contribution >= 0.6 is 0 Å². The molecule has 24 heavy (non-hydrogen) atoms. The van der Waals surface area contributed by atoms with Crippen molar-refractivity contribution in [2.45, 2.75) is 19.8 Å². The van der Waals surface area contributed by atoms with Crippen LogP contribution in [0.3, 0.4) is 0 Å². The molecule has 3 nitrogen and oxygen atoms in total. The second-order valence-corrected chi connectivity index (χ2v) is 6.14. The van der Waals surface area contributed by atoms with Gasteiger partial charge in [-0.25, -0.2) is 4.79 Å². The molecule has 3 heteroatoms. The number of allylic oxidation sites excluding steroid dienone is 1. The number of fused-ring (bicyclic) bond motifs is 1. The maximum atomic E-state index is 11.5. The van der Waals surface area contributed by atoms with Crippen molar-refractivity contribution in [3.63, 3.8) is 0 Å². The molecule has 1 aliphatic heterocycles. The van der Waals surface area contributed by atoms with Crippen LogP contribution < -0.4 is 4.90 Å². The Kier molecular flexibility index (Phi) is 4.70. The zero-order valence-electron chi connectivity index (χ0n) is 14.5. The minimum Gasteiger partial charge on any atom is -0.466 e. The number of anilines is 1. The molecule has 0 amide bonds. The van der Waals surface area contributed by atoms with E-state index in [1.807, 2.05) is 6.92 Å². The standard InChI is InChI=1S/C21H23NO2/c1-4-15(14-21(23)24-3)16-5-7-17(8-6-16)18-9-10-20-19(13-18)11-12-22(20)2/h5-10,13-14H,4,11-12H2,1-3H3/b15-14+. The van der Waals surface area contributed by atoms with E-state index in [-0.39, 0.29) is 5.97 Å². The lowest BCUT2D eigenvalue weighted by molar-refractivity contribution is -0.134. The third-order valence-corrected chi connectivity index (χ3v) is 4.67. The van der Waals surface area contributed by atoms with Crippen LogP contribution in [-0.4, -0.2) is 26.7 Å². The van der Waals surface area contributed by atoms with Gasteiger partial charge in [0.1, 0.15) is 0 Å². The highest BCUT2D eigenvalue weighted by Gasteiger charge is 2.15. The molecule has 1 aliphatic rings. The van der Waals surface area contributed by atoms with Crippen LogP contribution in [0.5, 0.6) is 0 Å². The Morgan fingerprint density at radius 2 is 1.88 bits per heavy atom. The van der Waals surface area contributed by atoms with Gasteiger partial charge in [-0.05, 0) is 52.8 Å². The summed E-state index contributed by atoms with van der Waals surface area (Å²) < 4.78 is 4.73. The predicted octanol–water partition coefficient (Wildman–Crippen LogP) is 4.31. The molecule has 0 spiro atoms. The van der Waals surface area contributed by atoms with Gasteiger partial charge in [-0.2, -0.15) is 0 Å². The first kappa shape index (κ1) is 16.3. The van der Waals surface area contributed by atoms with E-state index in [1.54, 1.807) is 6.08 Å². The summed E-state index contributed by atoms with van der Waals surface area (Å²) in [5, 5.41) is 0. The largest absolute Gasteiger partial charge is 0.466 e. The quantitative estimate of drug-likeness (QED) is 0.621. The molecule has 2 aromatic rings. The first-order valence-electron chi connectivity index (χ1n) is 8.35. The Labute approximate surface area is 143 Å². The number of hydrogen-bond acceptors (Lipinski definition) is 3. The average Bonchev–Trinajstić information content (AvgIpc) is 3.00. The number of rotatable bonds is 4. The summed E-state index contributed by atoms with van der Waals surface area (Å²) in [6.45, 7) is 3.13. The van der Waals surface area contributed by atoms with E-state index in [0.717, 1.165) is 30.5 Å². The van der Waals surface area contributed by atoms with E-state index in [1.165, 1.54) is 29.5 Å². The number of ether oxygens (including phenoxy) is 1. The van der Waals surface area contributed by atoms with E-state index in [4.69, 9.17) is 4.74 Å². The van der Waals surface area contributed by atoms with Crippen LogP contribution in [0.2, 0.25) is 0 Å². The molecule has 3 rings (SSSR count). The zero-order chi connectivity index (χ0) is 17.1. The number of likely N-dealkylation sites (N-methyl/N-ethyl adjacent to an activating group) is 1. The van der Waals surface area contributed by atoms with Crippen LogP contribution in [0.15, 0.2) is 48.5 Å². The molecule has 0 atom stereocenters. The smallest absolute Gasteiger partial charge is 0.330 e. The van der Waals surface area contributed by atoms with Crippen molar-refractivity contribution in [3.05, 3.63) is 59.7 Å². The molecule has 0 saturated heterocycles. The van der Waals surface area contributed by atoms with Gasteiger partial charge >= 0.3 is 5.97 Å². The molecular formula is C21H23NO2. The van der Waals surface area contributed by atoms with Crippen LogP contribution in [-0.2, 0) is 16.0 Å². The SMILES string of the molecule is CC/C(=C\C(=O)OC)c1ccc(-c2ccc3c(c2)CCN3C)cc1. The maximum absolute atomic E-state index is 11.5. The Morgan fingerprint density at radius 3 is 2.54 bits per heavy atom. The van der Waals surface area contributed by atoms with E-state index >= 15 is 0 Å². The summed E-state index contributed by atoms with van der Waals surface area (Å²) >= 11 is 0. The van der Waals surface area contributed by atoms with Crippen molar-refractivity contribution in [1.82, 2.24) is 0 Å². The minimum atomic E-state index is -0.307. The van der Waals surface area contributed by atoms with Crippen molar-refractivity contribution in [2.75, 3.05) is 25.6 Å². The van der Waals surface area contributed by atoms with Crippen molar-refractivity contribution < 1.29 is 9.53 Å². The predicted molar refractivity (Wildman–Crippen MR) is 99.1 cm³/mol. The van der Waals surface area contributed by atoms with Crippen LogP contribution in [0.25, 0.3) is 16.7 Å². The fourth-order valence-corrected chi connectivity index (χ4v) is 3.21. The third-order valence-electron chi connectivity index (χ3n) is 4.67. The van der Waals surface area contributed by atoms with Crippen LogP contribution in [0.4, 0.5) is 5.69 Å². The molecule has 1 heterocycles. The Morgan fingerprint density at radius 1 is 1.17 bits per heavy atom. The van der Waals surface area contributed by atoms with Gasteiger partial charge in [0.15, 0.2) is 0 Å². The molecule has 0 fully saturated rings. The first-order valence-corrected chi connectivity index (χ1v) is 8.35. The summed E-state index contributed by atoms with van der Waals surface area (Å²) in [6, 6.07) is 15.1. The molecule has 0 aromatic heterocycles. The Bertz CT molecular complexity index is 775. The first-order chi connectivity index (χ1) is 11.6. The summed E-state index contributed by atoms with van der Waals surface area (Å²) in [6.07, 6.45) is 3.47. The number of hydrogen-bond donors (Lipinski definition) is 0. The van der Waals surface area contributed by atoms with Gasteiger partial charge in [0, 0.05) is 25.4 Å².